The zero-order valence-corrected chi connectivity index (χ0v) is 11.6. The van der Waals surface area contributed by atoms with Gasteiger partial charge in [-0.3, -0.25) is 9.89 Å². The third-order valence-electron chi connectivity index (χ3n) is 3.26. The Morgan fingerprint density at radius 1 is 1.30 bits per heavy atom. The molecule has 104 valence electrons. The number of H-pyrrole nitrogens is 1. The number of halogens is 1. The van der Waals surface area contributed by atoms with E-state index in [-0.39, 0.29) is 5.91 Å². The summed E-state index contributed by atoms with van der Waals surface area (Å²) in [7, 11) is 0. The SMILES string of the molecule is O=C(c1cc(-c2ccccc2Cl)n[nH]1)N1CCOCC1. The zero-order chi connectivity index (χ0) is 13.9. The Hall–Kier alpha value is -1.85. The van der Waals surface area contributed by atoms with Crippen LogP contribution in [0.1, 0.15) is 10.5 Å². The van der Waals surface area contributed by atoms with Gasteiger partial charge in [0.2, 0.25) is 0 Å². The van der Waals surface area contributed by atoms with Crippen LogP contribution in [-0.4, -0.2) is 47.3 Å². The lowest BCUT2D eigenvalue weighted by molar-refractivity contribution is 0.0299. The number of hydrogen-bond donors (Lipinski definition) is 1. The highest BCUT2D eigenvalue weighted by Gasteiger charge is 2.20. The summed E-state index contributed by atoms with van der Waals surface area (Å²) in [5.74, 6) is -0.0564. The summed E-state index contributed by atoms with van der Waals surface area (Å²) in [6.45, 7) is 2.38. The maximum absolute atomic E-state index is 12.3. The average molecular weight is 292 g/mol. The van der Waals surface area contributed by atoms with Crippen LogP contribution in [0.2, 0.25) is 5.02 Å². The van der Waals surface area contributed by atoms with E-state index in [1.54, 1.807) is 17.0 Å². The number of amides is 1. The maximum Gasteiger partial charge on any atom is 0.272 e. The summed E-state index contributed by atoms with van der Waals surface area (Å²) in [5, 5.41) is 7.58. The van der Waals surface area contributed by atoms with Crippen LogP contribution in [0.25, 0.3) is 11.3 Å². The first-order chi connectivity index (χ1) is 9.75. The van der Waals surface area contributed by atoms with Gasteiger partial charge < -0.3 is 9.64 Å². The van der Waals surface area contributed by atoms with E-state index in [2.05, 4.69) is 10.2 Å². The fraction of sp³-hybridized carbons (Fsp3) is 0.286. The molecular weight excluding hydrogens is 278 g/mol. The molecule has 2 heterocycles. The van der Waals surface area contributed by atoms with Crippen molar-refractivity contribution >= 4 is 17.5 Å². The minimum atomic E-state index is -0.0564. The molecule has 0 saturated carbocycles. The molecule has 1 aromatic heterocycles. The summed E-state index contributed by atoms with van der Waals surface area (Å²) < 4.78 is 5.24. The highest BCUT2D eigenvalue weighted by molar-refractivity contribution is 6.33. The first kappa shape index (κ1) is 13.1. The number of rotatable bonds is 2. The van der Waals surface area contributed by atoms with Crippen LogP contribution in [0, 0.1) is 0 Å². The Kier molecular flexibility index (Phi) is 3.71. The summed E-state index contributed by atoms with van der Waals surface area (Å²) in [6, 6.07) is 9.16. The summed E-state index contributed by atoms with van der Waals surface area (Å²) in [5.41, 5.74) is 1.96. The van der Waals surface area contributed by atoms with Crippen LogP contribution in [0.5, 0.6) is 0 Å². The predicted octanol–water partition coefficient (Wildman–Crippen LogP) is 2.20. The molecule has 1 aromatic carbocycles. The molecule has 5 nitrogen and oxygen atoms in total. The van der Waals surface area contributed by atoms with Crippen LogP contribution in [0.15, 0.2) is 30.3 Å². The number of hydrogen-bond acceptors (Lipinski definition) is 3. The molecule has 20 heavy (non-hydrogen) atoms. The van der Waals surface area contributed by atoms with Crippen molar-refractivity contribution in [3.8, 4) is 11.3 Å². The second-order valence-electron chi connectivity index (χ2n) is 4.55. The Morgan fingerprint density at radius 2 is 2.05 bits per heavy atom. The lowest BCUT2D eigenvalue weighted by Crippen LogP contribution is -2.40. The number of aromatic nitrogens is 2. The molecule has 1 amide bonds. The number of aromatic amines is 1. The molecule has 0 radical (unpaired) electrons. The Balaban J connectivity index is 1.83. The van der Waals surface area contributed by atoms with Gasteiger partial charge in [-0.05, 0) is 12.1 Å². The first-order valence-corrected chi connectivity index (χ1v) is 6.81. The van der Waals surface area contributed by atoms with Crippen LogP contribution < -0.4 is 0 Å². The van der Waals surface area contributed by atoms with Crippen molar-refractivity contribution in [2.45, 2.75) is 0 Å². The van der Waals surface area contributed by atoms with Crippen molar-refractivity contribution in [2.24, 2.45) is 0 Å². The number of ether oxygens (including phenoxy) is 1. The molecule has 1 saturated heterocycles. The minimum Gasteiger partial charge on any atom is -0.378 e. The number of nitrogens with one attached hydrogen (secondary N) is 1. The zero-order valence-electron chi connectivity index (χ0n) is 10.8. The van der Waals surface area contributed by atoms with Gasteiger partial charge in [-0.25, -0.2) is 0 Å². The van der Waals surface area contributed by atoms with Crippen molar-refractivity contribution in [3.05, 3.63) is 41.0 Å². The van der Waals surface area contributed by atoms with E-state index in [9.17, 15) is 4.79 Å². The van der Waals surface area contributed by atoms with E-state index in [4.69, 9.17) is 16.3 Å². The highest BCUT2D eigenvalue weighted by Crippen LogP contribution is 2.26. The van der Waals surface area contributed by atoms with Gasteiger partial charge in [0.25, 0.3) is 5.91 Å². The number of benzene rings is 1. The van der Waals surface area contributed by atoms with Gasteiger partial charge in [0.15, 0.2) is 0 Å². The molecule has 0 spiro atoms. The van der Waals surface area contributed by atoms with E-state index in [0.717, 1.165) is 5.56 Å². The van der Waals surface area contributed by atoms with Gasteiger partial charge in [-0.2, -0.15) is 5.10 Å². The monoisotopic (exact) mass is 291 g/mol. The molecule has 0 atom stereocenters. The van der Waals surface area contributed by atoms with Gasteiger partial charge >= 0.3 is 0 Å². The van der Waals surface area contributed by atoms with Crippen LogP contribution in [0.3, 0.4) is 0 Å². The predicted molar refractivity (Wildman–Crippen MR) is 75.8 cm³/mol. The molecule has 3 rings (SSSR count). The molecule has 0 bridgehead atoms. The molecule has 6 heteroatoms. The minimum absolute atomic E-state index is 0.0564. The second-order valence-corrected chi connectivity index (χ2v) is 4.96. The van der Waals surface area contributed by atoms with Crippen LogP contribution in [0.4, 0.5) is 0 Å². The third-order valence-corrected chi connectivity index (χ3v) is 3.59. The largest absolute Gasteiger partial charge is 0.378 e. The quantitative estimate of drug-likeness (QED) is 0.923. The molecular formula is C14H14ClN3O2. The first-order valence-electron chi connectivity index (χ1n) is 6.43. The molecule has 0 unspecified atom stereocenters. The smallest absolute Gasteiger partial charge is 0.272 e. The van der Waals surface area contributed by atoms with Crippen molar-refractivity contribution < 1.29 is 9.53 Å². The van der Waals surface area contributed by atoms with Crippen molar-refractivity contribution in [2.75, 3.05) is 26.3 Å². The van der Waals surface area contributed by atoms with Crippen molar-refractivity contribution in [1.82, 2.24) is 15.1 Å². The fourth-order valence-electron chi connectivity index (χ4n) is 2.17. The van der Waals surface area contributed by atoms with Crippen molar-refractivity contribution in [3.63, 3.8) is 0 Å². The van der Waals surface area contributed by atoms with Gasteiger partial charge in [-0.15, -0.1) is 0 Å². The Morgan fingerprint density at radius 3 is 2.80 bits per heavy atom. The molecule has 1 aliphatic rings. The number of carbonyl (C=O) groups is 1. The highest BCUT2D eigenvalue weighted by atomic mass is 35.5. The van der Waals surface area contributed by atoms with Crippen LogP contribution in [-0.2, 0) is 4.74 Å². The van der Waals surface area contributed by atoms with E-state index < -0.39 is 0 Å². The van der Waals surface area contributed by atoms with E-state index in [0.29, 0.717) is 42.7 Å². The van der Waals surface area contributed by atoms with E-state index in [1.165, 1.54) is 0 Å². The lowest BCUT2D eigenvalue weighted by Gasteiger charge is -2.26. The summed E-state index contributed by atoms with van der Waals surface area (Å²) in [6.07, 6.45) is 0. The van der Waals surface area contributed by atoms with Gasteiger partial charge in [-0.1, -0.05) is 29.8 Å². The van der Waals surface area contributed by atoms with E-state index in [1.807, 2.05) is 18.2 Å². The fourth-order valence-corrected chi connectivity index (χ4v) is 2.41. The maximum atomic E-state index is 12.3. The van der Waals surface area contributed by atoms with Gasteiger partial charge in [0.1, 0.15) is 5.69 Å². The number of nitrogens with zero attached hydrogens (tertiary/aromatic N) is 2. The van der Waals surface area contributed by atoms with Crippen molar-refractivity contribution in [1.29, 1.82) is 0 Å². The number of morpholine rings is 1. The molecule has 2 aromatic rings. The number of carbonyl (C=O) groups excluding carboxylic acids is 1. The van der Waals surface area contributed by atoms with Gasteiger partial charge in [0, 0.05) is 18.7 Å². The Labute approximate surface area is 121 Å². The topological polar surface area (TPSA) is 58.2 Å². The van der Waals surface area contributed by atoms with Crippen LogP contribution >= 0.6 is 11.6 Å². The molecule has 1 fully saturated rings. The second kappa shape index (κ2) is 5.64. The lowest BCUT2D eigenvalue weighted by atomic mass is 10.1. The average Bonchev–Trinajstić information content (AvgIpc) is 2.97. The van der Waals surface area contributed by atoms with Gasteiger partial charge in [0.05, 0.1) is 23.9 Å². The third kappa shape index (κ3) is 2.55. The standard InChI is InChI=1S/C14H14ClN3O2/c15-11-4-2-1-3-10(11)12-9-13(17-16-12)14(19)18-5-7-20-8-6-18/h1-4,9H,5-8H2,(H,16,17). The summed E-state index contributed by atoms with van der Waals surface area (Å²) >= 11 is 6.13. The van der Waals surface area contributed by atoms with E-state index >= 15 is 0 Å². The normalized spacial score (nSPS) is 15.3. The molecule has 1 N–H and O–H groups in total. The Bertz CT molecular complexity index is 620. The summed E-state index contributed by atoms with van der Waals surface area (Å²) in [4.78, 5) is 14.1. The molecule has 0 aliphatic carbocycles. The molecule has 1 aliphatic heterocycles.